The Morgan fingerprint density at radius 2 is 2.04 bits per heavy atom. The number of rotatable bonds is 7. The topological polar surface area (TPSA) is 80.9 Å². The number of methoxy groups -OCH3 is 2. The molecule has 6 nitrogen and oxygen atoms in total. The van der Waals surface area contributed by atoms with Gasteiger partial charge in [0, 0.05) is 6.08 Å². The first-order chi connectivity index (χ1) is 11.5. The van der Waals surface area contributed by atoms with Crippen molar-refractivity contribution in [2.75, 3.05) is 20.8 Å². The first-order valence-electron chi connectivity index (χ1n) is 7.40. The Hall–Kier alpha value is -2.73. The van der Waals surface area contributed by atoms with Crippen LogP contribution in [0.2, 0.25) is 0 Å². The number of nitrogens with one attached hydrogen (secondary N) is 1. The van der Waals surface area contributed by atoms with Gasteiger partial charge in [-0.25, -0.2) is 0 Å². The minimum Gasteiger partial charge on any atom is -0.493 e. The van der Waals surface area contributed by atoms with E-state index in [-0.39, 0.29) is 12.5 Å². The molecule has 0 aliphatic carbocycles. The van der Waals surface area contributed by atoms with E-state index in [9.17, 15) is 9.90 Å². The van der Waals surface area contributed by atoms with Crippen molar-refractivity contribution in [3.05, 3.63) is 54.0 Å². The number of hydrogen-bond acceptors (Lipinski definition) is 5. The maximum absolute atomic E-state index is 11.9. The molecule has 1 aromatic carbocycles. The SMILES string of the molecule is COc1ccc(/C=C/C(=O)NCC(C)(O)c2ccco2)cc1OC. The lowest BCUT2D eigenvalue weighted by atomic mass is 10.0. The Bertz CT molecular complexity index is 704. The fourth-order valence-electron chi connectivity index (χ4n) is 2.12. The Labute approximate surface area is 140 Å². The molecule has 0 saturated heterocycles. The number of carbonyl (C=O) groups excluding carboxylic acids is 1. The highest BCUT2D eigenvalue weighted by atomic mass is 16.5. The molecule has 128 valence electrons. The molecule has 1 aromatic heterocycles. The number of amides is 1. The molecule has 0 aliphatic rings. The summed E-state index contributed by atoms with van der Waals surface area (Å²) >= 11 is 0. The van der Waals surface area contributed by atoms with E-state index in [4.69, 9.17) is 13.9 Å². The van der Waals surface area contributed by atoms with Crippen molar-refractivity contribution in [1.29, 1.82) is 0 Å². The second kappa shape index (κ2) is 7.70. The van der Waals surface area contributed by atoms with Crippen LogP contribution < -0.4 is 14.8 Å². The zero-order valence-corrected chi connectivity index (χ0v) is 13.9. The van der Waals surface area contributed by atoms with Crippen LogP contribution in [-0.4, -0.2) is 31.8 Å². The third kappa shape index (κ3) is 4.39. The molecule has 2 rings (SSSR count). The third-order valence-electron chi connectivity index (χ3n) is 3.49. The van der Waals surface area contributed by atoms with Gasteiger partial charge >= 0.3 is 0 Å². The van der Waals surface area contributed by atoms with Gasteiger partial charge in [-0.1, -0.05) is 6.07 Å². The lowest BCUT2D eigenvalue weighted by Gasteiger charge is -2.20. The molecule has 1 heterocycles. The van der Waals surface area contributed by atoms with E-state index >= 15 is 0 Å². The first kappa shape index (κ1) is 17.6. The summed E-state index contributed by atoms with van der Waals surface area (Å²) < 4.78 is 15.5. The van der Waals surface area contributed by atoms with Crippen LogP contribution in [0.25, 0.3) is 6.08 Å². The molecule has 24 heavy (non-hydrogen) atoms. The van der Waals surface area contributed by atoms with E-state index in [0.29, 0.717) is 17.3 Å². The van der Waals surface area contributed by atoms with Crippen molar-refractivity contribution in [2.45, 2.75) is 12.5 Å². The van der Waals surface area contributed by atoms with Gasteiger partial charge in [-0.15, -0.1) is 0 Å². The highest BCUT2D eigenvalue weighted by Crippen LogP contribution is 2.28. The quantitative estimate of drug-likeness (QED) is 0.761. The number of carbonyl (C=O) groups is 1. The predicted octanol–water partition coefficient (Wildman–Crippen LogP) is 2.33. The molecule has 2 N–H and O–H groups in total. The number of furan rings is 1. The van der Waals surface area contributed by atoms with E-state index in [1.165, 1.54) is 12.3 Å². The molecule has 1 unspecified atom stereocenters. The van der Waals surface area contributed by atoms with Gasteiger partial charge in [0.1, 0.15) is 11.4 Å². The van der Waals surface area contributed by atoms with Gasteiger partial charge in [-0.05, 0) is 42.8 Å². The normalized spacial score (nSPS) is 13.5. The summed E-state index contributed by atoms with van der Waals surface area (Å²) in [6.07, 6.45) is 4.51. The molecule has 0 spiro atoms. The van der Waals surface area contributed by atoms with Crippen molar-refractivity contribution in [3.63, 3.8) is 0 Å². The summed E-state index contributed by atoms with van der Waals surface area (Å²) in [5, 5.41) is 12.9. The fraction of sp³-hybridized carbons (Fsp3) is 0.278. The third-order valence-corrected chi connectivity index (χ3v) is 3.49. The van der Waals surface area contributed by atoms with Crippen molar-refractivity contribution >= 4 is 12.0 Å². The molecule has 0 fully saturated rings. The number of ether oxygens (including phenoxy) is 2. The summed E-state index contributed by atoms with van der Waals surface area (Å²) in [6, 6.07) is 8.68. The minimum atomic E-state index is -1.27. The Morgan fingerprint density at radius 3 is 2.67 bits per heavy atom. The molecule has 0 saturated carbocycles. The van der Waals surface area contributed by atoms with Crippen LogP contribution in [-0.2, 0) is 10.4 Å². The lowest BCUT2D eigenvalue weighted by Crippen LogP contribution is -2.37. The molecule has 2 aromatic rings. The second-order valence-electron chi connectivity index (χ2n) is 5.42. The van der Waals surface area contributed by atoms with Gasteiger partial charge in [0.05, 0.1) is 27.0 Å². The molecule has 0 aliphatic heterocycles. The van der Waals surface area contributed by atoms with Crippen molar-refractivity contribution < 1.29 is 23.8 Å². The van der Waals surface area contributed by atoms with E-state index in [2.05, 4.69) is 5.32 Å². The second-order valence-corrected chi connectivity index (χ2v) is 5.42. The number of aliphatic hydroxyl groups is 1. The van der Waals surface area contributed by atoms with Gasteiger partial charge in [-0.2, -0.15) is 0 Å². The minimum absolute atomic E-state index is 0.0373. The number of hydrogen-bond donors (Lipinski definition) is 2. The first-order valence-corrected chi connectivity index (χ1v) is 7.40. The predicted molar refractivity (Wildman–Crippen MR) is 89.9 cm³/mol. The summed E-state index contributed by atoms with van der Waals surface area (Å²) in [5.41, 5.74) is -0.475. The van der Waals surface area contributed by atoms with Crippen LogP contribution in [0.15, 0.2) is 47.1 Å². The highest BCUT2D eigenvalue weighted by molar-refractivity contribution is 5.91. The molecule has 0 bridgehead atoms. The lowest BCUT2D eigenvalue weighted by molar-refractivity contribution is -0.117. The molecule has 6 heteroatoms. The van der Waals surface area contributed by atoms with Crippen molar-refractivity contribution in [2.24, 2.45) is 0 Å². The average molecular weight is 331 g/mol. The monoisotopic (exact) mass is 331 g/mol. The zero-order chi connectivity index (χ0) is 17.6. The standard InChI is InChI=1S/C18H21NO5/c1-18(21,16-5-4-10-24-16)12-19-17(20)9-7-13-6-8-14(22-2)15(11-13)23-3/h4-11,21H,12H2,1-3H3,(H,19,20)/b9-7+. The summed E-state index contributed by atoms with van der Waals surface area (Å²) in [4.78, 5) is 11.9. The van der Waals surface area contributed by atoms with Crippen LogP contribution in [0.3, 0.4) is 0 Å². The van der Waals surface area contributed by atoms with E-state index in [1.807, 2.05) is 6.07 Å². The fourth-order valence-corrected chi connectivity index (χ4v) is 2.12. The van der Waals surface area contributed by atoms with Gasteiger partial charge in [0.15, 0.2) is 11.5 Å². The Kier molecular flexibility index (Phi) is 5.65. The van der Waals surface area contributed by atoms with Crippen LogP contribution in [0, 0.1) is 0 Å². The maximum Gasteiger partial charge on any atom is 0.244 e. The van der Waals surface area contributed by atoms with Crippen LogP contribution in [0.5, 0.6) is 11.5 Å². The van der Waals surface area contributed by atoms with Gasteiger partial charge < -0.3 is 24.3 Å². The largest absolute Gasteiger partial charge is 0.493 e. The average Bonchev–Trinajstić information content (AvgIpc) is 3.13. The van der Waals surface area contributed by atoms with Gasteiger partial charge in [0.2, 0.25) is 5.91 Å². The van der Waals surface area contributed by atoms with E-state index in [0.717, 1.165) is 5.56 Å². The molecular weight excluding hydrogens is 310 g/mol. The Balaban J connectivity index is 1.96. The molecule has 1 amide bonds. The molecule has 1 atom stereocenters. The summed E-state index contributed by atoms with van der Waals surface area (Å²) in [5.74, 6) is 1.28. The van der Waals surface area contributed by atoms with Gasteiger partial charge in [-0.3, -0.25) is 4.79 Å². The molecule has 0 radical (unpaired) electrons. The van der Waals surface area contributed by atoms with Crippen LogP contribution >= 0.6 is 0 Å². The van der Waals surface area contributed by atoms with Crippen molar-refractivity contribution in [1.82, 2.24) is 5.32 Å². The number of benzene rings is 1. The Morgan fingerprint density at radius 1 is 1.29 bits per heavy atom. The van der Waals surface area contributed by atoms with E-state index in [1.54, 1.807) is 51.5 Å². The van der Waals surface area contributed by atoms with E-state index < -0.39 is 5.60 Å². The van der Waals surface area contributed by atoms with Gasteiger partial charge in [0.25, 0.3) is 0 Å². The van der Waals surface area contributed by atoms with Crippen molar-refractivity contribution in [3.8, 4) is 11.5 Å². The summed E-state index contributed by atoms with van der Waals surface area (Å²) in [7, 11) is 3.11. The highest BCUT2D eigenvalue weighted by Gasteiger charge is 2.26. The summed E-state index contributed by atoms with van der Waals surface area (Å²) in [6.45, 7) is 1.61. The zero-order valence-electron chi connectivity index (χ0n) is 13.9. The molecular formula is C18H21NO5. The van der Waals surface area contributed by atoms with Crippen LogP contribution in [0.4, 0.5) is 0 Å². The van der Waals surface area contributed by atoms with Crippen LogP contribution in [0.1, 0.15) is 18.2 Å². The maximum atomic E-state index is 11.9. The smallest absolute Gasteiger partial charge is 0.244 e.